The van der Waals surface area contributed by atoms with Gasteiger partial charge in [-0.3, -0.25) is 38.4 Å². The topological polar surface area (TPSA) is 185 Å². The first-order valence-corrected chi connectivity index (χ1v) is 48.2. The highest BCUT2D eigenvalue weighted by Crippen LogP contribution is 2.50. The Labute approximate surface area is 705 Å². The van der Waals surface area contributed by atoms with E-state index in [2.05, 4.69) is 83.2 Å². The summed E-state index contributed by atoms with van der Waals surface area (Å²) in [7, 11) is 0. The van der Waals surface area contributed by atoms with Gasteiger partial charge in [0.2, 0.25) is 33.9 Å². The summed E-state index contributed by atoms with van der Waals surface area (Å²) in [4.78, 5) is 107. The number of carbonyl (C=O) groups is 8. The normalized spacial score (nSPS) is 18.1. The van der Waals surface area contributed by atoms with Crippen LogP contribution < -0.4 is 21.3 Å². The lowest BCUT2D eigenvalue weighted by atomic mass is 9.67. The molecule has 6 aliphatic carbocycles. The van der Waals surface area contributed by atoms with Crippen LogP contribution in [0.25, 0.3) is 0 Å². The predicted octanol–water partition coefficient (Wildman–Crippen LogP) is 28.4. The van der Waals surface area contributed by atoms with E-state index < -0.39 is 0 Å². The molecule has 0 saturated heterocycles. The van der Waals surface area contributed by atoms with Gasteiger partial charge < -0.3 is 21.3 Å². The van der Waals surface area contributed by atoms with E-state index in [-0.39, 0.29) is 77.6 Å². The first-order valence-electron chi connectivity index (χ1n) is 45.0. The smallest absolute Gasteiger partial charge is 0.230 e. The fraction of sp³-hybridized carbons (Fsp3) is 0.633. The lowest BCUT2D eigenvalue weighted by Crippen LogP contribution is -2.39. The van der Waals surface area contributed by atoms with Crippen molar-refractivity contribution in [2.24, 2.45) is 57.2 Å². The average molecular weight is 1630 g/mol. The molecule has 6 fully saturated rings. The van der Waals surface area contributed by atoms with Gasteiger partial charge in [0.15, 0.2) is 10.2 Å². The number of hydrogen-bond donors (Lipinski definition) is 4. The van der Waals surface area contributed by atoms with Crippen LogP contribution in [-0.2, 0) is 38.4 Å². The van der Waals surface area contributed by atoms with Crippen LogP contribution in [0.2, 0.25) is 0 Å². The number of thioether (sulfide) groups is 4. The molecule has 114 heavy (non-hydrogen) atoms. The first-order chi connectivity index (χ1) is 55.2. The van der Waals surface area contributed by atoms with Crippen molar-refractivity contribution in [2.45, 2.75) is 358 Å². The van der Waals surface area contributed by atoms with E-state index in [4.69, 9.17) is 0 Å². The highest BCUT2D eigenvalue weighted by molar-refractivity contribution is 8.14. The van der Waals surface area contributed by atoms with Crippen molar-refractivity contribution in [2.75, 3.05) is 21.3 Å². The first kappa shape index (κ1) is 95.5. The lowest BCUT2D eigenvalue weighted by Gasteiger charge is -2.38. The average Bonchev–Trinajstić information content (AvgIpc) is 0.829. The SMILES string of the molecule is C/C=C/C(=O)Sc1ccccc1NC(=O)C1(CC(CC)CC)CCCCC1.C=CC(=O)Sc1ccccc1NC(=O)C1(CC(CC)CC)CCCCC1.CCC(CC)CC1(C(=O)Nc2ccccc2SC(=O)C2CCCCC2)CCCCC1.CCC(CC)CC1(C(=O)Nc2ccccc2SC(=O)C2CCCCCC2)CCCCC1. The van der Waals surface area contributed by atoms with E-state index in [0.717, 1.165) is 297 Å². The van der Waals surface area contributed by atoms with Gasteiger partial charge in [0.25, 0.3) is 0 Å². The summed E-state index contributed by atoms with van der Waals surface area (Å²) in [6.07, 6.45) is 51.8. The Hall–Kier alpha value is -5.68. The van der Waals surface area contributed by atoms with E-state index >= 15 is 0 Å². The minimum absolute atomic E-state index is 0.0244. The Morgan fingerprint density at radius 1 is 0.333 bits per heavy atom. The predicted molar refractivity (Wildman–Crippen MR) is 483 cm³/mol. The van der Waals surface area contributed by atoms with E-state index in [1.54, 1.807) is 12.2 Å². The van der Waals surface area contributed by atoms with Crippen molar-refractivity contribution in [3.63, 3.8) is 0 Å². The van der Waals surface area contributed by atoms with Gasteiger partial charge in [0.1, 0.15) is 0 Å². The molecule has 4 N–H and O–H groups in total. The Kier molecular flexibility index (Phi) is 42.7. The molecule has 0 bridgehead atoms. The molecule has 0 heterocycles. The number of hydrogen-bond acceptors (Lipinski definition) is 12. The van der Waals surface area contributed by atoms with Crippen LogP contribution in [0.1, 0.15) is 338 Å². The minimum atomic E-state index is -0.269. The summed E-state index contributed by atoms with van der Waals surface area (Å²) >= 11 is 4.95. The maximum Gasteiger partial charge on any atom is 0.230 e. The van der Waals surface area contributed by atoms with Gasteiger partial charge in [-0.25, -0.2) is 0 Å². The molecule has 0 aromatic heterocycles. The van der Waals surface area contributed by atoms with Gasteiger partial charge in [0, 0.05) is 53.1 Å². The van der Waals surface area contributed by atoms with Gasteiger partial charge in [-0.05, 0) is 241 Å². The molecule has 4 aromatic rings. The minimum Gasteiger partial charge on any atom is -0.325 e. The number of nitrogens with one attached hydrogen (secondary N) is 4. The van der Waals surface area contributed by atoms with Gasteiger partial charge in [-0.2, -0.15) is 0 Å². The number of benzene rings is 4. The second-order valence-corrected chi connectivity index (χ2v) is 38.3. The highest BCUT2D eigenvalue weighted by atomic mass is 32.2. The molecule has 16 heteroatoms. The van der Waals surface area contributed by atoms with Gasteiger partial charge in [-0.1, -0.05) is 290 Å². The van der Waals surface area contributed by atoms with Crippen LogP contribution in [0.3, 0.4) is 0 Å². The van der Waals surface area contributed by atoms with Crippen LogP contribution in [0.15, 0.2) is 141 Å². The molecule has 4 amide bonds. The standard InChI is InChI=1S/C27H41NO2S.C26H39NO2S.C23H33NO2S.C22H31NO2S/c1-3-21(4-2)20-27(18-12-7-13-19-27)26(30)28-23-16-10-11-17-24(23)31-25(29)22-14-8-5-6-9-15-22;1-3-20(4-2)19-26(17-11-6-12-18-26)25(29)27-22-15-9-10-16-23(22)30-24(28)21-13-7-5-8-14-21;1-4-12-21(25)27-20-14-9-8-13-19(20)24-22(26)23(15-10-7-11-16-23)17-18(5-2)6-3;1-4-17(5-2)16-22(14-10-7-11-15-22)21(25)23-18-12-8-9-13-19(18)26-20(24)6-3/h10-11,16-17,21-22H,3-9,12-15,18-20H2,1-2H3,(H,28,30);9-10,15-16,20-21H,3-8,11-14,17-19H2,1-2H3,(H,27,29);4,8-9,12-14,18H,5-7,10-11,15-17H2,1-3H3,(H,24,26);6,8-9,12-13,17H,3-5,7,10-11,14-16H2,1-2H3,(H,23,25)/b;;12-4+;. The number of carbonyl (C=O) groups excluding carboxylic acids is 8. The Morgan fingerprint density at radius 2 is 0.553 bits per heavy atom. The zero-order chi connectivity index (χ0) is 82.2. The van der Waals surface area contributed by atoms with Gasteiger partial charge in [0.05, 0.1) is 22.7 Å². The third kappa shape index (κ3) is 29.4. The highest BCUT2D eigenvalue weighted by Gasteiger charge is 2.45. The number of anilines is 4. The van der Waals surface area contributed by atoms with Crippen LogP contribution in [-0.4, -0.2) is 44.1 Å². The van der Waals surface area contributed by atoms with Crippen LogP contribution in [0, 0.1) is 57.2 Å². The third-order valence-corrected chi connectivity index (χ3v) is 30.6. The summed E-state index contributed by atoms with van der Waals surface area (Å²) in [6.45, 7) is 23.2. The van der Waals surface area contributed by atoms with Crippen LogP contribution >= 0.6 is 47.0 Å². The second-order valence-electron chi connectivity index (χ2n) is 34.1. The molecular formula is C98H144N4O8S4. The number of rotatable bonds is 32. The molecule has 10 rings (SSSR count). The monoisotopic (exact) mass is 1630 g/mol. The lowest BCUT2D eigenvalue weighted by molar-refractivity contribution is -0.129. The number of para-hydroxylation sites is 4. The second kappa shape index (κ2) is 50.9. The Morgan fingerprint density at radius 3 is 0.789 bits per heavy atom. The summed E-state index contributed by atoms with van der Waals surface area (Å²) in [5.41, 5.74) is 2.07. The van der Waals surface area contributed by atoms with E-state index in [0.29, 0.717) is 23.7 Å². The van der Waals surface area contributed by atoms with E-state index in [1.807, 2.05) is 104 Å². The van der Waals surface area contributed by atoms with Gasteiger partial charge in [-0.15, -0.1) is 0 Å². The summed E-state index contributed by atoms with van der Waals surface area (Å²) in [5.74, 6) is 3.34. The van der Waals surface area contributed by atoms with Crippen LogP contribution in [0.4, 0.5) is 22.7 Å². The van der Waals surface area contributed by atoms with E-state index in [9.17, 15) is 38.4 Å². The third-order valence-electron chi connectivity index (χ3n) is 26.5. The number of allylic oxidation sites excluding steroid dienone is 1. The van der Waals surface area contributed by atoms with Crippen molar-refractivity contribution in [3.8, 4) is 0 Å². The van der Waals surface area contributed by atoms with Crippen LogP contribution in [0.5, 0.6) is 0 Å². The van der Waals surface area contributed by atoms with Crippen molar-refractivity contribution in [1.82, 2.24) is 0 Å². The molecule has 6 aliphatic rings. The summed E-state index contributed by atoms with van der Waals surface area (Å²) in [6, 6.07) is 30.9. The molecule has 4 aromatic carbocycles. The molecule has 0 spiro atoms. The molecule has 6 saturated carbocycles. The zero-order valence-electron chi connectivity index (χ0n) is 71.4. The maximum absolute atomic E-state index is 13.6. The molecule has 628 valence electrons. The van der Waals surface area contributed by atoms with Gasteiger partial charge >= 0.3 is 0 Å². The van der Waals surface area contributed by atoms with Crippen molar-refractivity contribution >= 4 is 114 Å². The maximum atomic E-state index is 13.6. The largest absolute Gasteiger partial charge is 0.325 e. The van der Waals surface area contributed by atoms with Crippen molar-refractivity contribution in [3.05, 3.63) is 122 Å². The van der Waals surface area contributed by atoms with E-state index in [1.165, 1.54) is 74.5 Å². The Balaban J connectivity index is 0.000000211. The summed E-state index contributed by atoms with van der Waals surface area (Å²) < 4.78 is 0. The van der Waals surface area contributed by atoms with Crippen molar-refractivity contribution < 1.29 is 38.4 Å². The molecule has 0 unspecified atom stereocenters. The quantitative estimate of drug-likeness (QED) is 0.0206. The molecule has 0 atom stereocenters. The zero-order valence-corrected chi connectivity index (χ0v) is 74.7. The van der Waals surface area contributed by atoms with Crippen molar-refractivity contribution in [1.29, 1.82) is 0 Å². The fourth-order valence-corrected chi connectivity index (χ4v) is 22.3. The molecule has 0 aliphatic heterocycles. The number of amides is 4. The Bertz CT molecular complexity index is 3650. The fourth-order valence-electron chi connectivity index (χ4n) is 18.9. The molecular weight excluding hydrogens is 1490 g/mol. The molecule has 12 nitrogen and oxygen atoms in total. The molecule has 0 radical (unpaired) electrons. The summed E-state index contributed by atoms with van der Waals surface area (Å²) in [5, 5.41) is 13.3.